The molecular weight excluding hydrogens is 570 g/mol. The smallest absolute Gasteiger partial charge is 0.410 e. The van der Waals surface area contributed by atoms with E-state index in [1.54, 1.807) is 32.6 Å². The van der Waals surface area contributed by atoms with Crippen LogP contribution in [0.4, 0.5) is 4.79 Å². The highest BCUT2D eigenvalue weighted by molar-refractivity contribution is 5.95. The molecule has 0 bridgehead atoms. The number of fused-ring (bicyclic) bond motifs is 1. The standard InChI is InChI=1S/C35H45N5O5/c1-6-27(39(5)34(44)45-35(2,3)4)31(41)38-30-25(21-22-36)17-18-26-19-20-28(40(26)33(30)43)32(42)37-29(23-13-9-7-10-14-23)24-15-11-8-12-16-24/h7-16,25-30H,6,17-21H2,1-5H3,(H,37,42)(H,38,41)/t25-,26+,27+,28+,30+/m1/s1. The number of carbonyl (C=O) groups excluding carboxylic acids is 4. The molecule has 0 unspecified atom stereocenters. The van der Waals surface area contributed by atoms with E-state index in [1.165, 1.54) is 11.9 Å². The van der Waals surface area contributed by atoms with E-state index in [0.717, 1.165) is 11.1 Å². The van der Waals surface area contributed by atoms with E-state index in [0.29, 0.717) is 32.1 Å². The summed E-state index contributed by atoms with van der Waals surface area (Å²) in [5.74, 6) is -1.55. The third-order valence-corrected chi connectivity index (χ3v) is 8.71. The van der Waals surface area contributed by atoms with Crippen LogP contribution in [0.25, 0.3) is 0 Å². The Bertz CT molecular complexity index is 1350. The monoisotopic (exact) mass is 615 g/mol. The first kappa shape index (κ1) is 33.5. The fourth-order valence-corrected chi connectivity index (χ4v) is 6.44. The van der Waals surface area contributed by atoms with Gasteiger partial charge >= 0.3 is 6.09 Å². The van der Waals surface area contributed by atoms with Crippen LogP contribution in [-0.4, -0.2) is 70.4 Å². The van der Waals surface area contributed by atoms with Gasteiger partial charge in [0.25, 0.3) is 0 Å². The van der Waals surface area contributed by atoms with Crippen LogP contribution < -0.4 is 10.6 Å². The molecule has 2 aliphatic rings. The predicted octanol–water partition coefficient (Wildman–Crippen LogP) is 4.71. The first-order valence-electron chi connectivity index (χ1n) is 15.8. The largest absolute Gasteiger partial charge is 0.444 e. The van der Waals surface area contributed by atoms with Crippen molar-refractivity contribution in [2.24, 2.45) is 5.92 Å². The molecule has 2 heterocycles. The summed E-state index contributed by atoms with van der Waals surface area (Å²) in [5, 5.41) is 15.7. The summed E-state index contributed by atoms with van der Waals surface area (Å²) < 4.78 is 5.46. The van der Waals surface area contributed by atoms with Crippen molar-refractivity contribution in [1.29, 1.82) is 5.26 Å². The summed E-state index contributed by atoms with van der Waals surface area (Å²) in [5.41, 5.74) is 1.11. The first-order chi connectivity index (χ1) is 21.4. The predicted molar refractivity (Wildman–Crippen MR) is 169 cm³/mol. The van der Waals surface area contributed by atoms with E-state index in [2.05, 4.69) is 16.7 Å². The number of nitrogens with one attached hydrogen (secondary N) is 2. The fraction of sp³-hybridized carbons (Fsp3) is 0.514. The highest BCUT2D eigenvalue weighted by Crippen LogP contribution is 2.36. The molecule has 0 aromatic heterocycles. The molecule has 2 aliphatic heterocycles. The minimum absolute atomic E-state index is 0.0803. The fourth-order valence-electron chi connectivity index (χ4n) is 6.44. The maximum absolute atomic E-state index is 14.3. The van der Waals surface area contributed by atoms with Crippen LogP contribution in [0.3, 0.4) is 0 Å². The summed E-state index contributed by atoms with van der Waals surface area (Å²) in [6.07, 6.45) is 2.07. The van der Waals surface area contributed by atoms with E-state index in [9.17, 15) is 24.4 Å². The highest BCUT2D eigenvalue weighted by atomic mass is 16.6. The lowest BCUT2D eigenvalue weighted by atomic mass is 9.90. The molecule has 2 fully saturated rings. The van der Waals surface area contributed by atoms with Gasteiger partial charge in [0.05, 0.1) is 12.1 Å². The molecule has 0 aliphatic carbocycles. The number of carbonyl (C=O) groups is 4. The van der Waals surface area contributed by atoms with E-state index in [4.69, 9.17) is 4.74 Å². The van der Waals surface area contributed by atoms with Crippen molar-refractivity contribution < 1.29 is 23.9 Å². The van der Waals surface area contributed by atoms with Gasteiger partial charge in [-0.1, -0.05) is 67.6 Å². The maximum atomic E-state index is 14.3. The van der Waals surface area contributed by atoms with Crippen LogP contribution in [0.5, 0.6) is 0 Å². The number of nitrogens with zero attached hydrogens (tertiary/aromatic N) is 3. The minimum Gasteiger partial charge on any atom is -0.444 e. The van der Waals surface area contributed by atoms with Gasteiger partial charge in [0, 0.05) is 25.4 Å². The number of hydrogen-bond acceptors (Lipinski definition) is 6. The van der Waals surface area contributed by atoms with Gasteiger partial charge in [-0.2, -0.15) is 5.26 Å². The van der Waals surface area contributed by atoms with Crippen LogP contribution in [0.15, 0.2) is 60.7 Å². The molecule has 5 atom stereocenters. The van der Waals surface area contributed by atoms with Gasteiger partial charge < -0.3 is 20.3 Å². The van der Waals surface area contributed by atoms with Crippen LogP contribution in [0.1, 0.15) is 83.4 Å². The molecule has 10 heteroatoms. The van der Waals surface area contributed by atoms with E-state index < -0.39 is 47.7 Å². The quantitative estimate of drug-likeness (QED) is 0.420. The zero-order chi connectivity index (χ0) is 32.7. The van der Waals surface area contributed by atoms with Crippen LogP contribution in [-0.2, 0) is 19.1 Å². The SMILES string of the molecule is CC[C@@H](C(=O)N[C@@H]1C(=O)N2[C@@H](CC[C@@H]1CC#N)CC[C@H]2C(=O)NC(c1ccccc1)c1ccccc1)N(C)C(=O)OC(C)(C)C. The Morgan fingerprint density at radius 3 is 2.11 bits per heavy atom. The maximum Gasteiger partial charge on any atom is 0.410 e. The van der Waals surface area contributed by atoms with E-state index >= 15 is 0 Å². The van der Waals surface area contributed by atoms with Crippen molar-refractivity contribution >= 4 is 23.8 Å². The Kier molecular flexibility index (Phi) is 10.9. The number of hydrogen-bond donors (Lipinski definition) is 2. The molecule has 10 nitrogen and oxygen atoms in total. The Morgan fingerprint density at radius 1 is 1.00 bits per heavy atom. The molecule has 240 valence electrons. The average molecular weight is 616 g/mol. The number of nitriles is 1. The summed E-state index contributed by atoms with van der Waals surface area (Å²) in [6.45, 7) is 7.02. The zero-order valence-electron chi connectivity index (χ0n) is 26.9. The lowest BCUT2D eigenvalue weighted by Gasteiger charge is -2.34. The van der Waals surface area contributed by atoms with Gasteiger partial charge in [0.1, 0.15) is 23.7 Å². The van der Waals surface area contributed by atoms with Gasteiger partial charge in [-0.3, -0.25) is 19.3 Å². The number of amides is 4. The van der Waals surface area contributed by atoms with Gasteiger partial charge in [-0.05, 0) is 64.0 Å². The van der Waals surface area contributed by atoms with Gasteiger partial charge in [0.15, 0.2) is 0 Å². The zero-order valence-corrected chi connectivity index (χ0v) is 26.9. The molecule has 4 rings (SSSR count). The van der Waals surface area contributed by atoms with Crippen molar-refractivity contribution in [2.45, 2.75) is 102 Å². The second-order valence-electron chi connectivity index (χ2n) is 13.0. The summed E-state index contributed by atoms with van der Waals surface area (Å²) in [7, 11) is 1.50. The number of benzene rings is 2. The number of ether oxygens (including phenoxy) is 1. The lowest BCUT2D eigenvalue weighted by molar-refractivity contribution is -0.144. The molecule has 4 amide bonds. The second-order valence-corrected chi connectivity index (χ2v) is 13.0. The van der Waals surface area contributed by atoms with E-state index in [-0.39, 0.29) is 24.3 Å². The minimum atomic E-state index is -1.00. The van der Waals surface area contributed by atoms with Crippen molar-refractivity contribution in [2.75, 3.05) is 7.05 Å². The van der Waals surface area contributed by atoms with Crippen LogP contribution in [0, 0.1) is 17.2 Å². The Hall–Kier alpha value is -4.39. The van der Waals surface area contributed by atoms with Crippen LogP contribution in [0.2, 0.25) is 0 Å². The molecule has 2 saturated heterocycles. The van der Waals surface area contributed by atoms with Gasteiger partial charge in [0.2, 0.25) is 17.7 Å². The molecular formula is C35H45N5O5. The highest BCUT2D eigenvalue weighted by Gasteiger charge is 2.48. The molecule has 2 N–H and O–H groups in total. The van der Waals surface area contributed by atoms with Crippen molar-refractivity contribution in [3.05, 3.63) is 71.8 Å². The second kappa shape index (κ2) is 14.6. The Balaban J connectivity index is 1.57. The number of likely N-dealkylation sites (N-methyl/N-ethyl adjacent to an activating group) is 1. The van der Waals surface area contributed by atoms with Crippen LogP contribution >= 0.6 is 0 Å². The summed E-state index contributed by atoms with van der Waals surface area (Å²) >= 11 is 0. The summed E-state index contributed by atoms with van der Waals surface area (Å²) in [4.78, 5) is 57.6. The van der Waals surface area contributed by atoms with Gasteiger partial charge in [-0.15, -0.1) is 0 Å². The third kappa shape index (κ3) is 8.01. The van der Waals surface area contributed by atoms with E-state index in [1.807, 2.05) is 60.7 Å². The molecule has 2 aromatic rings. The third-order valence-electron chi connectivity index (χ3n) is 8.71. The lowest BCUT2D eigenvalue weighted by Crippen LogP contribution is -2.59. The van der Waals surface area contributed by atoms with Crippen molar-refractivity contribution in [3.63, 3.8) is 0 Å². The van der Waals surface area contributed by atoms with Crippen molar-refractivity contribution in [1.82, 2.24) is 20.4 Å². The molecule has 45 heavy (non-hydrogen) atoms. The molecule has 0 saturated carbocycles. The topological polar surface area (TPSA) is 132 Å². The Morgan fingerprint density at radius 2 is 1.58 bits per heavy atom. The molecule has 0 radical (unpaired) electrons. The average Bonchev–Trinajstić information content (AvgIpc) is 3.40. The Labute approximate surface area is 266 Å². The normalized spacial score (nSPS) is 22.1. The molecule has 2 aromatic carbocycles. The molecule has 0 spiro atoms. The first-order valence-corrected chi connectivity index (χ1v) is 15.8. The van der Waals surface area contributed by atoms with Gasteiger partial charge in [-0.25, -0.2) is 4.79 Å². The number of rotatable bonds is 9. The summed E-state index contributed by atoms with van der Waals surface area (Å²) in [6, 6.07) is 18.4. The van der Waals surface area contributed by atoms with Crippen molar-refractivity contribution in [3.8, 4) is 6.07 Å².